The van der Waals surface area contributed by atoms with Crippen LogP contribution in [0.1, 0.15) is 22.8 Å². The fourth-order valence-electron chi connectivity index (χ4n) is 3.33. The van der Waals surface area contributed by atoms with Crippen molar-refractivity contribution in [3.8, 4) is 11.3 Å². The molecule has 1 amide bonds. The molecule has 10 heteroatoms. The second kappa shape index (κ2) is 8.00. The molecule has 0 fully saturated rings. The van der Waals surface area contributed by atoms with Gasteiger partial charge in [-0.25, -0.2) is 4.98 Å². The molecule has 1 N–H and O–H groups in total. The van der Waals surface area contributed by atoms with Crippen LogP contribution in [0, 0.1) is 37.8 Å². The van der Waals surface area contributed by atoms with Crippen LogP contribution in [0.15, 0.2) is 24.1 Å². The van der Waals surface area contributed by atoms with E-state index in [1.54, 1.807) is 13.8 Å². The highest BCUT2D eigenvalue weighted by atomic mass is 32.1. The zero-order valence-electron chi connectivity index (χ0n) is 16.7. The number of thiazole rings is 1. The maximum absolute atomic E-state index is 12.4. The molecule has 0 spiro atoms. The van der Waals surface area contributed by atoms with Crippen molar-refractivity contribution in [2.75, 3.05) is 5.32 Å². The number of hydrogen-bond donors (Lipinski definition) is 1. The summed E-state index contributed by atoms with van der Waals surface area (Å²) in [6.45, 7) is 11.6. The molecule has 3 rings (SSSR count). The summed E-state index contributed by atoms with van der Waals surface area (Å²) in [5.74, 6) is -0.344. The van der Waals surface area contributed by atoms with Crippen LogP contribution >= 0.6 is 11.3 Å². The zero-order chi connectivity index (χ0) is 21.3. The number of nitrogens with one attached hydrogen (secondary N) is 1. The van der Waals surface area contributed by atoms with Gasteiger partial charge in [0, 0.05) is 28.9 Å². The lowest BCUT2D eigenvalue weighted by molar-refractivity contribution is -0.386. The van der Waals surface area contributed by atoms with E-state index in [0.29, 0.717) is 10.8 Å². The van der Waals surface area contributed by atoms with Gasteiger partial charge < -0.3 is 9.88 Å². The molecule has 9 nitrogen and oxygen atoms in total. The van der Waals surface area contributed by atoms with E-state index in [9.17, 15) is 14.9 Å². The molecule has 0 saturated heterocycles. The molecule has 0 aliphatic carbocycles. The Hall–Kier alpha value is -3.27. The summed E-state index contributed by atoms with van der Waals surface area (Å²) in [5.41, 5.74) is 4.56. The Balaban J connectivity index is 1.75. The zero-order valence-corrected chi connectivity index (χ0v) is 17.5. The minimum absolute atomic E-state index is 0.0655. The summed E-state index contributed by atoms with van der Waals surface area (Å²) in [4.78, 5) is 27.5. The lowest BCUT2D eigenvalue weighted by Crippen LogP contribution is -2.20. The number of hydrogen-bond acceptors (Lipinski definition) is 6. The molecule has 0 atom stereocenters. The van der Waals surface area contributed by atoms with Gasteiger partial charge in [-0.05, 0) is 33.8 Å². The number of carbonyl (C=O) groups excluding carboxylic acids is 1. The maximum Gasteiger partial charge on any atom is 0.312 e. The topological polar surface area (TPSA) is 108 Å². The van der Waals surface area contributed by atoms with E-state index >= 15 is 0 Å². The van der Waals surface area contributed by atoms with Gasteiger partial charge in [-0.15, -0.1) is 17.9 Å². The van der Waals surface area contributed by atoms with Gasteiger partial charge in [0.15, 0.2) is 5.13 Å². The lowest BCUT2D eigenvalue weighted by atomic mass is 10.2. The monoisotopic (exact) mass is 414 g/mol. The Kier molecular flexibility index (Phi) is 5.64. The van der Waals surface area contributed by atoms with Crippen molar-refractivity contribution in [3.05, 3.63) is 57.0 Å². The summed E-state index contributed by atoms with van der Waals surface area (Å²) in [5, 5.41) is 20.3. The summed E-state index contributed by atoms with van der Waals surface area (Å²) >= 11 is 1.33. The van der Waals surface area contributed by atoms with Crippen LogP contribution in [0.5, 0.6) is 0 Å². The smallest absolute Gasteiger partial charge is 0.312 e. The lowest BCUT2D eigenvalue weighted by Gasteiger charge is -2.05. The van der Waals surface area contributed by atoms with E-state index in [1.165, 1.54) is 16.0 Å². The van der Waals surface area contributed by atoms with Gasteiger partial charge in [0.1, 0.15) is 17.9 Å². The third kappa shape index (κ3) is 3.97. The molecular formula is C19H22N6O3S. The van der Waals surface area contributed by atoms with Crippen LogP contribution in [0.3, 0.4) is 0 Å². The van der Waals surface area contributed by atoms with Crippen molar-refractivity contribution in [1.29, 1.82) is 0 Å². The molecule has 0 bridgehead atoms. The number of amides is 1. The van der Waals surface area contributed by atoms with Crippen molar-refractivity contribution in [2.24, 2.45) is 0 Å². The molecule has 3 aromatic rings. The van der Waals surface area contributed by atoms with Gasteiger partial charge in [-0.1, -0.05) is 6.08 Å². The van der Waals surface area contributed by atoms with Crippen molar-refractivity contribution in [3.63, 3.8) is 0 Å². The van der Waals surface area contributed by atoms with Crippen molar-refractivity contribution >= 4 is 28.1 Å². The highest BCUT2D eigenvalue weighted by Crippen LogP contribution is 2.30. The van der Waals surface area contributed by atoms with Gasteiger partial charge in [0.2, 0.25) is 5.91 Å². The van der Waals surface area contributed by atoms with Crippen LogP contribution in [-0.4, -0.2) is 30.2 Å². The maximum atomic E-state index is 12.4. The number of nitrogens with zero attached hydrogens (tertiary/aromatic N) is 5. The number of anilines is 1. The van der Waals surface area contributed by atoms with Crippen LogP contribution in [0.25, 0.3) is 11.3 Å². The second-order valence-electron chi connectivity index (χ2n) is 6.70. The Morgan fingerprint density at radius 3 is 2.69 bits per heavy atom. The molecule has 0 aliphatic heterocycles. The minimum atomic E-state index is -0.484. The number of nitro groups is 1. The van der Waals surface area contributed by atoms with Gasteiger partial charge in [0.25, 0.3) is 0 Å². The third-order valence-corrected chi connectivity index (χ3v) is 5.49. The Labute approximate surface area is 171 Å². The normalized spacial score (nSPS) is 10.9. The van der Waals surface area contributed by atoms with E-state index < -0.39 is 4.92 Å². The molecule has 0 aliphatic rings. The van der Waals surface area contributed by atoms with E-state index in [0.717, 1.165) is 29.2 Å². The van der Waals surface area contributed by atoms with Gasteiger partial charge in [0.05, 0.1) is 10.6 Å². The second-order valence-corrected chi connectivity index (χ2v) is 7.56. The first-order chi connectivity index (χ1) is 13.7. The highest BCUT2D eigenvalue weighted by molar-refractivity contribution is 7.14. The molecule has 0 aromatic carbocycles. The van der Waals surface area contributed by atoms with Gasteiger partial charge in [-0.3, -0.25) is 19.6 Å². The van der Waals surface area contributed by atoms with Crippen molar-refractivity contribution in [2.45, 2.75) is 40.8 Å². The number of carbonyl (C=O) groups is 1. The van der Waals surface area contributed by atoms with Gasteiger partial charge >= 0.3 is 5.69 Å². The molecule has 3 heterocycles. The molecule has 0 unspecified atom stereocenters. The van der Waals surface area contributed by atoms with Crippen molar-refractivity contribution in [1.82, 2.24) is 19.3 Å². The Morgan fingerprint density at radius 2 is 2.07 bits per heavy atom. The summed E-state index contributed by atoms with van der Waals surface area (Å²) in [6.07, 6.45) is 1.85. The predicted molar refractivity (Wildman–Crippen MR) is 112 cm³/mol. The average Bonchev–Trinajstić information content (AvgIpc) is 3.28. The van der Waals surface area contributed by atoms with Crippen molar-refractivity contribution < 1.29 is 9.72 Å². The third-order valence-electron chi connectivity index (χ3n) is 4.73. The first-order valence-electron chi connectivity index (χ1n) is 8.94. The number of allylic oxidation sites excluding steroid dienone is 1. The predicted octanol–water partition coefficient (Wildman–Crippen LogP) is 3.77. The number of aromatic nitrogens is 4. The summed E-state index contributed by atoms with van der Waals surface area (Å²) in [6, 6.07) is 2.06. The molecule has 152 valence electrons. The molecular weight excluding hydrogens is 392 g/mol. The molecule has 0 radical (unpaired) electrons. The van der Waals surface area contributed by atoms with E-state index in [-0.39, 0.29) is 23.8 Å². The first-order valence-corrected chi connectivity index (χ1v) is 9.82. The van der Waals surface area contributed by atoms with Crippen LogP contribution in [0.4, 0.5) is 10.8 Å². The Morgan fingerprint density at radius 1 is 1.34 bits per heavy atom. The molecule has 0 saturated carbocycles. The minimum Gasteiger partial charge on any atom is -0.345 e. The SMILES string of the molecule is C=CCn1c(C)cc(-c2csc(NC(=O)Cn3nc(C)c([N+](=O)[O-])c3C)n2)c1C. The van der Waals surface area contributed by atoms with E-state index in [2.05, 4.69) is 32.6 Å². The fourth-order valence-corrected chi connectivity index (χ4v) is 4.05. The quantitative estimate of drug-likeness (QED) is 0.360. The first kappa shape index (κ1) is 20.5. The van der Waals surface area contributed by atoms with E-state index in [1.807, 2.05) is 25.3 Å². The average molecular weight is 414 g/mol. The van der Waals surface area contributed by atoms with Crippen LogP contribution in [0.2, 0.25) is 0 Å². The van der Waals surface area contributed by atoms with Gasteiger partial charge in [-0.2, -0.15) is 5.10 Å². The van der Waals surface area contributed by atoms with E-state index in [4.69, 9.17) is 0 Å². The standard InChI is InChI=1S/C19H22N6O3S/c1-6-7-23-11(2)8-15(13(23)4)16-10-29-19(20-16)21-17(26)9-24-14(5)18(25(27)28)12(3)22-24/h6,8,10H,1,7,9H2,2-5H3,(H,20,21,26). The Bertz CT molecular complexity index is 1110. The number of rotatable bonds is 7. The molecule has 29 heavy (non-hydrogen) atoms. The number of aryl methyl sites for hydroxylation is 2. The largest absolute Gasteiger partial charge is 0.345 e. The highest BCUT2D eigenvalue weighted by Gasteiger charge is 2.23. The summed E-state index contributed by atoms with van der Waals surface area (Å²) in [7, 11) is 0. The summed E-state index contributed by atoms with van der Waals surface area (Å²) < 4.78 is 3.48. The van der Waals surface area contributed by atoms with Crippen LogP contribution in [-0.2, 0) is 17.9 Å². The molecule has 3 aromatic heterocycles. The fraction of sp³-hybridized carbons (Fsp3) is 0.316. The van der Waals surface area contributed by atoms with Crippen LogP contribution < -0.4 is 5.32 Å².